The number of ether oxygens (including phenoxy) is 2. The van der Waals surface area contributed by atoms with Crippen LogP contribution in [0.3, 0.4) is 0 Å². The Hall–Kier alpha value is -1.22. The predicted octanol–water partition coefficient (Wildman–Crippen LogP) is 3.64. The van der Waals surface area contributed by atoms with E-state index in [-0.39, 0.29) is 10.8 Å². The van der Waals surface area contributed by atoms with Crippen LogP contribution in [-0.4, -0.2) is 19.8 Å². The first kappa shape index (κ1) is 14.7. The first-order valence-electron chi connectivity index (χ1n) is 8.15. The lowest BCUT2D eigenvalue weighted by Gasteiger charge is -2.37. The largest absolute Gasteiger partial charge is 0.489 e. The monoisotopic (exact) mass is 289 g/mol. The van der Waals surface area contributed by atoms with Gasteiger partial charge in [-0.15, -0.1) is 0 Å². The van der Waals surface area contributed by atoms with E-state index in [0.717, 1.165) is 18.0 Å². The van der Waals surface area contributed by atoms with Gasteiger partial charge in [0.05, 0.1) is 13.2 Å². The minimum atomic E-state index is 0.0512. The van der Waals surface area contributed by atoms with E-state index < -0.39 is 0 Å². The number of rotatable bonds is 2. The molecule has 1 aliphatic heterocycles. The van der Waals surface area contributed by atoms with Gasteiger partial charge < -0.3 is 15.2 Å². The summed E-state index contributed by atoms with van der Waals surface area (Å²) in [6.45, 7) is 6.45. The summed E-state index contributed by atoms with van der Waals surface area (Å²) in [4.78, 5) is 0. The fourth-order valence-corrected chi connectivity index (χ4v) is 3.50. The summed E-state index contributed by atoms with van der Waals surface area (Å²) < 4.78 is 11.9. The molecular weight excluding hydrogens is 262 g/mol. The number of benzene rings is 1. The molecule has 0 atom stereocenters. The molecule has 1 fully saturated rings. The Kier molecular flexibility index (Phi) is 3.87. The first-order valence-corrected chi connectivity index (χ1v) is 8.15. The zero-order valence-electron chi connectivity index (χ0n) is 13.3. The molecule has 1 saturated carbocycles. The zero-order valence-corrected chi connectivity index (χ0v) is 13.3. The summed E-state index contributed by atoms with van der Waals surface area (Å²) in [6.07, 6.45) is 6.26. The molecule has 0 saturated heterocycles. The second-order valence-corrected chi connectivity index (χ2v) is 7.45. The summed E-state index contributed by atoms with van der Waals surface area (Å²) >= 11 is 0. The van der Waals surface area contributed by atoms with Gasteiger partial charge in [0.2, 0.25) is 0 Å². The van der Waals surface area contributed by atoms with E-state index in [0.29, 0.717) is 13.2 Å². The van der Waals surface area contributed by atoms with Crippen molar-refractivity contribution in [2.24, 2.45) is 11.1 Å². The Morgan fingerprint density at radius 1 is 1.00 bits per heavy atom. The number of fused-ring (bicyclic) bond motifs is 1. The van der Waals surface area contributed by atoms with Crippen molar-refractivity contribution in [1.29, 1.82) is 0 Å². The van der Waals surface area contributed by atoms with E-state index >= 15 is 0 Å². The van der Waals surface area contributed by atoms with E-state index in [1.807, 2.05) is 0 Å². The molecule has 0 aromatic heterocycles. The van der Waals surface area contributed by atoms with Gasteiger partial charge in [0.25, 0.3) is 0 Å². The van der Waals surface area contributed by atoms with Crippen molar-refractivity contribution in [1.82, 2.24) is 0 Å². The molecule has 1 aliphatic carbocycles. The lowest BCUT2D eigenvalue weighted by molar-refractivity contribution is 0.140. The van der Waals surface area contributed by atoms with Crippen LogP contribution in [0.2, 0.25) is 0 Å². The third kappa shape index (κ3) is 2.89. The molecule has 2 aliphatic rings. The summed E-state index contributed by atoms with van der Waals surface area (Å²) in [5.41, 5.74) is 7.66. The highest BCUT2D eigenvalue weighted by Gasteiger charge is 2.34. The highest BCUT2D eigenvalue weighted by Crippen LogP contribution is 2.42. The highest BCUT2D eigenvalue weighted by molar-refractivity contribution is 5.46. The van der Waals surface area contributed by atoms with Crippen LogP contribution in [0.1, 0.15) is 51.5 Å². The molecular formula is C18H27NO2. The van der Waals surface area contributed by atoms with Gasteiger partial charge in [-0.05, 0) is 30.5 Å². The molecule has 1 heterocycles. The SMILES string of the molecule is CC1(C)COc2ccc(C3(CN)CCCCC3)cc2OC1. The number of hydrogen-bond donors (Lipinski definition) is 1. The van der Waals surface area contributed by atoms with Crippen molar-refractivity contribution in [3.05, 3.63) is 23.8 Å². The van der Waals surface area contributed by atoms with Crippen LogP contribution in [0.15, 0.2) is 18.2 Å². The second kappa shape index (κ2) is 5.53. The van der Waals surface area contributed by atoms with Crippen LogP contribution < -0.4 is 15.2 Å². The van der Waals surface area contributed by atoms with Crippen LogP contribution >= 0.6 is 0 Å². The average Bonchev–Trinajstić information content (AvgIpc) is 2.66. The first-order chi connectivity index (χ1) is 10.0. The van der Waals surface area contributed by atoms with Crippen LogP contribution in [0.4, 0.5) is 0 Å². The Morgan fingerprint density at radius 2 is 1.67 bits per heavy atom. The van der Waals surface area contributed by atoms with Crippen molar-refractivity contribution in [3.63, 3.8) is 0 Å². The minimum Gasteiger partial charge on any atom is -0.489 e. The van der Waals surface area contributed by atoms with Crippen LogP contribution in [0, 0.1) is 5.41 Å². The maximum atomic E-state index is 6.15. The molecule has 0 unspecified atom stereocenters. The minimum absolute atomic E-state index is 0.0512. The van der Waals surface area contributed by atoms with Gasteiger partial charge in [-0.25, -0.2) is 0 Å². The molecule has 21 heavy (non-hydrogen) atoms. The molecule has 0 spiro atoms. The third-order valence-corrected chi connectivity index (χ3v) is 4.99. The predicted molar refractivity (Wildman–Crippen MR) is 85.0 cm³/mol. The Bertz CT molecular complexity index is 504. The highest BCUT2D eigenvalue weighted by atomic mass is 16.5. The molecule has 3 nitrogen and oxygen atoms in total. The molecule has 0 bridgehead atoms. The van der Waals surface area contributed by atoms with E-state index in [2.05, 4.69) is 32.0 Å². The molecule has 3 heteroatoms. The Labute approximate surface area is 127 Å². The van der Waals surface area contributed by atoms with Gasteiger partial charge in [-0.1, -0.05) is 39.2 Å². The van der Waals surface area contributed by atoms with Gasteiger partial charge in [0.1, 0.15) is 0 Å². The smallest absolute Gasteiger partial charge is 0.161 e. The zero-order chi connectivity index (χ0) is 14.9. The van der Waals surface area contributed by atoms with Crippen LogP contribution in [-0.2, 0) is 5.41 Å². The fourth-order valence-electron chi connectivity index (χ4n) is 3.50. The summed E-state index contributed by atoms with van der Waals surface area (Å²) in [5, 5.41) is 0. The molecule has 0 amide bonds. The number of nitrogens with two attached hydrogens (primary N) is 1. The quantitative estimate of drug-likeness (QED) is 0.904. The van der Waals surface area contributed by atoms with Crippen molar-refractivity contribution >= 4 is 0 Å². The Balaban J connectivity index is 1.91. The van der Waals surface area contributed by atoms with Crippen molar-refractivity contribution < 1.29 is 9.47 Å². The summed E-state index contributed by atoms with van der Waals surface area (Å²) in [6, 6.07) is 6.44. The molecule has 1 aromatic carbocycles. The van der Waals surface area contributed by atoms with E-state index in [1.165, 1.54) is 37.7 Å². The maximum absolute atomic E-state index is 6.15. The third-order valence-electron chi connectivity index (χ3n) is 4.99. The topological polar surface area (TPSA) is 44.5 Å². The van der Waals surface area contributed by atoms with Gasteiger partial charge >= 0.3 is 0 Å². The standard InChI is InChI=1S/C18H27NO2/c1-17(2)12-20-15-7-6-14(10-16(15)21-13-17)18(11-19)8-4-3-5-9-18/h6-7,10H,3-5,8-9,11-13,19H2,1-2H3. The summed E-state index contributed by atoms with van der Waals surface area (Å²) in [7, 11) is 0. The summed E-state index contributed by atoms with van der Waals surface area (Å²) in [5.74, 6) is 1.75. The van der Waals surface area contributed by atoms with Crippen molar-refractivity contribution in [3.8, 4) is 11.5 Å². The van der Waals surface area contributed by atoms with Gasteiger partial charge in [0, 0.05) is 17.4 Å². The fraction of sp³-hybridized carbons (Fsp3) is 0.667. The van der Waals surface area contributed by atoms with Crippen LogP contribution in [0.25, 0.3) is 0 Å². The van der Waals surface area contributed by atoms with Gasteiger partial charge in [0.15, 0.2) is 11.5 Å². The van der Waals surface area contributed by atoms with E-state index in [9.17, 15) is 0 Å². The number of hydrogen-bond acceptors (Lipinski definition) is 3. The lowest BCUT2D eigenvalue weighted by Crippen LogP contribution is -2.37. The molecule has 116 valence electrons. The molecule has 2 N–H and O–H groups in total. The average molecular weight is 289 g/mol. The maximum Gasteiger partial charge on any atom is 0.161 e. The lowest BCUT2D eigenvalue weighted by atomic mass is 9.69. The van der Waals surface area contributed by atoms with E-state index in [1.54, 1.807) is 0 Å². The normalized spacial score (nSPS) is 23.4. The van der Waals surface area contributed by atoms with Gasteiger partial charge in [-0.2, -0.15) is 0 Å². The molecule has 0 radical (unpaired) electrons. The second-order valence-electron chi connectivity index (χ2n) is 7.45. The van der Waals surface area contributed by atoms with Crippen molar-refractivity contribution in [2.75, 3.05) is 19.8 Å². The van der Waals surface area contributed by atoms with Crippen LogP contribution in [0.5, 0.6) is 11.5 Å². The van der Waals surface area contributed by atoms with Gasteiger partial charge in [-0.3, -0.25) is 0 Å². The molecule has 1 aromatic rings. The van der Waals surface area contributed by atoms with E-state index in [4.69, 9.17) is 15.2 Å². The Morgan fingerprint density at radius 3 is 2.33 bits per heavy atom. The molecule has 3 rings (SSSR count). The van der Waals surface area contributed by atoms with Crippen molar-refractivity contribution in [2.45, 2.75) is 51.4 Å².